The summed E-state index contributed by atoms with van der Waals surface area (Å²) < 4.78 is 1.68. The number of nitrogens with one attached hydrogen (secondary N) is 1. The fourth-order valence-corrected chi connectivity index (χ4v) is 1.64. The van der Waals surface area contributed by atoms with Gasteiger partial charge in [-0.2, -0.15) is 0 Å². The number of amides is 1. The standard InChI is InChI=1S/C12H16N2O5/c1-7(2)14-5-3-4-9(14)11(17)13-8(12(18)19)6-10(15)16/h3-5,7-8H,6H2,1-2H3,(H,13,17)(H,15,16)(H,18,19). The molecule has 1 aromatic rings. The summed E-state index contributed by atoms with van der Waals surface area (Å²) in [6.07, 6.45) is 1.04. The van der Waals surface area contributed by atoms with Crippen LogP contribution in [0.2, 0.25) is 0 Å². The molecule has 0 saturated carbocycles. The van der Waals surface area contributed by atoms with E-state index in [-0.39, 0.29) is 6.04 Å². The number of hydrogen-bond donors (Lipinski definition) is 3. The lowest BCUT2D eigenvalue weighted by atomic mass is 10.2. The quantitative estimate of drug-likeness (QED) is 0.704. The number of rotatable bonds is 6. The van der Waals surface area contributed by atoms with Crippen LogP contribution in [-0.4, -0.2) is 38.7 Å². The van der Waals surface area contributed by atoms with Gasteiger partial charge in [0.05, 0.1) is 6.42 Å². The zero-order chi connectivity index (χ0) is 14.6. The van der Waals surface area contributed by atoms with Crippen LogP contribution in [0.5, 0.6) is 0 Å². The van der Waals surface area contributed by atoms with Crippen LogP contribution in [0.3, 0.4) is 0 Å². The molecule has 7 nitrogen and oxygen atoms in total. The minimum absolute atomic E-state index is 0.0403. The molecule has 0 aliphatic carbocycles. The van der Waals surface area contributed by atoms with E-state index in [2.05, 4.69) is 5.32 Å². The largest absolute Gasteiger partial charge is 0.481 e. The summed E-state index contributed by atoms with van der Waals surface area (Å²) in [5.41, 5.74) is 0.298. The Balaban J connectivity index is 2.85. The van der Waals surface area contributed by atoms with Crippen molar-refractivity contribution in [3.05, 3.63) is 24.0 Å². The average molecular weight is 268 g/mol. The van der Waals surface area contributed by atoms with Crippen LogP contribution in [0, 0.1) is 0 Å². The number of nitrogens with zero attached hydrogens (tertiary/aromatic N) is 1. The van der Waals surface area contributed by atoms with Gasteiger partial charge in [0, 0.05) is 12.2 Å². The smallest absolute Gasteiger partial charge is 0.326 e. The molecule has 1 heterocycles. The van der Waals surface area contributed by atoms with Gasteiger partial charge in [0.25, 0.3) is 5.91 Å². The Morgan fingerprint density at radius 3 is 2.42 bits per heavy atom. The van der Waals surface area contributed by atoms with Crippen LogP contribution < -0.4 is 5.32 Å². The molecule has 0 bridgehead atoms. The van der Waals surface area contributed by atoms with Crippen LogP contribution in [0.4, 0.5) is 0 Å². The fourth-order valence-electron chi connectivity index (χ4n) is 1.64. The molecule has 0 aliphatic heterocycles. The summed E-state index contributed by atoms with van der Waals surface area (Å²) >= 11 is 0. The van der Waals surface area contributed by atoms with E-state index >= 15 is 0 Å². The lowest BCUT2D eigenvalue weighted by Crippen LogP contribution is -2.42. The van der Waals surface area contributed by atoms with Gasteiger partial charge < -0.3 is 20.1 Å². The summed E-state index contributed by atoms with van der Waals surface area (Å²) in [6, 6.07) is 1.82. The van der Waals surface area contributed by atoms with Crippen molar-refractivity contribution >= 4 is 17.8 Å². The minimum atomic E-state index is -1.44. The van der Waals surface area contributed by atoms with E-state index in [0.29, 0.717) is 5.69 Å². The highest BCUT2D eigenvalue weighted by Crippen LogP contribution is 2.11. The molecule has 0 fully saturated rings. The highest BCUT2D eigenvalue weighted by molar-refractivity contribution is 5.96. The van der Waals surface area contributed by atoms with E-state index in [1.807, 2.05) is 13.8 Å². The molecular formula is C12H16N2O5. The number of carboxylic acids is 2. The number of carbonyl (C=O) groups excluding carboxylic acids is 1. The summed E-state index contributed by atoms with van der Waals surface area (Å²) in [5.74, 6) is -3.27. The van der Waals surface area contributed by atoms with Crippen LogP contribution in [-0.2, 0) is 9.59 Å². The van der Waals surface area contributed by atoms with Gasteiger partial charge in [0.2, 0.25) is 0 Å². The van der Waals surface area contributed by atoms with Gasteiger partial charge in [-0.25, -0.2) is 4.79 Å². The van der Waals surface area contributed by atoms with Gasteiger partial charge in [-0.05, 0) is 26.0 Å². The molecule has 1 aromatic heterocycles. The van der Waals surface area contributed by atoms with Crippen molar-refractivity contribution in [1.29, 1.82) is 0 Å². The van der Waals surface area contributed by atoms with E-state index in [0.717, 1.165) is 0 Å². The second-order valence-electron chi connectivity index (χ2n) is 4.36. The van der Waals surface area contributed by atoms with E-state index in [1.54, 1.807) is 22.9 Å². The van der Waals surface area contributed by atoms with Crippen molar-refractivity contribution in [2.45, 2.75) is 32.4 Å². The molecule has 0 aromatic carbocycles. The first-order valence-electron chi connectivity index (χ1n) is 5.75. The molecule has 7 heteroatoms. The summed E-state index contributed by atoms with van der Waals surface area (Å²) in [5, 5.41) is 19.7. The molecule has 104 valence electrons. The monoisotopic (exact) mass is 268 g/mol. The first-order valence-corrected chi connectivity index (χ1v) is 5.75. The van der Waals surface area contributed by atoms with Crippen molar-refractivity contribution in [3.8, 4) is 0 Å². The van der Waals surface area contributed by atoms with Crippen molar-refractivity contribution in [1.82, 2.24) is 9.88 Å². The van der Waals surface area contributed by atoms with E-state index < -0.39 is 30.3 Å². The van der Waals surface area contributed by atoms with Crippen LogP contribution in [0.1, 0.15) is 36.8 Å². The maximum absolute atomic E-state index is 11.9. The molecule has 0 aliphatic rings. The van der Waals surface area contributed by atoms with Crippen molar-refractivity contribution in [3.63, 3.8) is 0 Å². The minimum Gasteiger partial charge on any atom is -0.481 e. The molecule has 0 saturated heterocycles. The molecule has 1 rings (SSSR count). The van der Waals surface area contributed by atoms with E-state index in [9.17, 15) is 14.4 Å². The Bertz CT molecular complexity index is 492. The third-order valence-corrected chi connectivity index (χ3v) is 2.55. The molecule has 3 N–H and O–H groups in total. The maximum Gasteiger partial charge on any atom is 0.326 e. The van der Waals surface area contributed by atoms with Gasteiger partial charge in [-0.3, -0.25) is 9.59 Å². The first-order chi connectivity index (χ1) is 8.82. The number of carbonyl (C=O) groups is 3. The molecule has 1 unspecified atom stereocenters. The van der Waals surface area contributed by atoms with E-state index in [4.69, 9.17) is 10.2 Å². The Hall–Kier alpha value is -2.31. The number of aliphatic carboxylic acids is 2. The topological polar surface area (TPSA) is 109 Å². The van der Waals surface area contributed by atoms with Gasteiger partial charge >= 0.3 is 11.9 Å². The normalized spacial score (nSPS) is 12.2. The Kier molecular flexibility index (Phi) is 4.68. The highest BCUT2D eigenvalue weighted by atomic mass is 16.4. The summed E-state index contributed by atoms with van der Waals surface area (Å²) in [6.45, 7) is 3.76. The lowest BCUT2D eigenvalue weighted by molar-refractivity contribution is -0.145. The number of hydrogen-bond acceptors (Lipinski definition) is 3. The third kappa shape index (κ3) is 3.84. The Morgan fingerprint density at radius 1 is 1.32 bits per heavy atom. The first kappa shape index (κ1) is 14.7. The third-order valence-electron chi connectivity index (χ3n) is 2.55. The van der Waals surface area contributed by atoms with Crippen molar-refractivity contribution < 1.29 is 24.6 Å². The lowest BCUT2D eigenvalue weighted by Gasteiger charge is -2.15. The van der Waals surface area contributed by atoms with Gasteiger partial charge in [-0.1, -0.05) is 0 Å². The predicted molar refractivity (Wildman–Crippen MR) is 66.0 cm³/mol. The van der Waals surface area contributed by atoms with Crippen LogP contribution >= 0.6 is 0 Å². The second-order valence-corrected chi connectivity index (χ2v) is 4.36. The molecule has 0 radical (unpaired) electrons. The molecule has 1 amide bonds. The van der Waals surface area contributed by atoms with E-state index in [1.165, 1.54) is 0 Å². The van der Waals surface area contributed by atoms with Crippen molar-refractivity contribution in [2.75, 3.05) is 0 Å². The Morgan fingerprint density at radius 2 is 1.95 bits per heavy atom. The highest BCUT2D eigenvalue weighted by Gasteiger charge is 2.24. The Labute approximate surface area is 109 Å². The van der Waals surface area contributed by atoms with Crippen molar-refractivity contribution in [2.24, 2.45) is 0 Å². The van der Waals surface area contributed by atoms with Crippen LogP contribution in [0.25, 0.3) is 0 Å². The maximum atomic E-state index is 11.9. The predicted octanol–water partition coefficient (Wildman–Crippen LogP) is 0.727. The molecule has 0 spiro atoms. The second kappa shape index (κ2) is 6.03. The summed E-state index contributed by atoms with van der Waals surface area (Å²) in [7, 11) is 0. The van der Waals surface area contributed by atoms with Crippen LogP contribution in [0.15, 0.2) is 18.3 Å². The summed E-state index contributed by atoms with van der Waals surface area (Å²) in [4.78, 5) is 33.4. The molecule has 19 heavy (non-hydrogen) atoms. The zero-order valence-electron chi connectivity index (χ0n) is 10.7. The zero-order valence-corrected chi connectivity index (χ0v) is 10.7. The number of carboxylic acid groups (broad SMARTS) is 2. The average Bonchev–Trinajstić information content (AvgIpc) is 2.76. The SMILES string of the molecule is CC(C)n1cccc1C(=O)NC(CC(=O)O)C(=O)O. The van der Waals surface area contributed by atoms with Gasteiger partial charge in [0.15, 0.2) is 0 Å². The molecular weight excluding hydrogens is 252 g/mol. The number of aromatic nitrogens is 1. The fraction of sp³-hybridized carbons (Fsp3) is 0.417. The molecule has 1 atom stereocenters. The van der Waals surface area contributed by atoms with Gasteiger partial charge in [0.1, 0.15) is 11.7 Å². The van der Waals surface area contributed by atoms with Gasteiger partial charge in [-0.15, -0.1) is 0 Å².